The van der Waals surface area contributed by atoms with Crippen molar-refractivity contribution >= 4 is 35.0 Å². The van der Waals surface area contributed by atoms with E-state index < -0.39 is 18.2 Å². The number of urea groups is 2. The van der Waals surface area contributed by atoms with E-state index in [-0.39, 0.29) is 51.0 Å². The largest absolute Gasteiger partial charge is 0.488 e. The first kappa shape index (κ1) is 31.6. The Hall–Kier alpha value is -5.37. The number of amides is 5. The summed E-state index contributed by atoms with van der Waals surface area (Å²) in [6.07, 6.45) is -0.535. The number of rotatable bonds is 7. The standard InChI is InChI=1S/C33H37N5O9/c1-19-14-38(20(2)16-39)31(40)11-21-10-22(34-32(41)35-23-5-8-26-28(12-23)45-17-43-26)4-7-25(21)47-30(19)15-37(3)33(42)36-24-6-9-27-29(13-24)46-18-44-27/h4-10,12-13,19-20,30,39H,11,14-18H2,1-3H3,(H,36,42)(H2,34,35,41)/t19-,20+,30+/m0/s1. The summed E-state index contributed by atoms with van der Waals surface area (Å²) in [5.41, 5.74) is 2.07. The van der Waals surface area contributed by atoms with Crippen molar-refractivity contribution in [2.75, 3.05) is 56.3 Å². The predicted octanol–water partition coefficient (Wildman–Crippen LogP) is 4.10. The van der Waals surface area contributed by atoms with E-state index in [0.717, 1.165) is 0 Å². The molecule has 47 heavy (non-hydrogen) atoms. The zero-order chi connectivity index (χ0) is 33.1. The fourth-order valence-corrected chi connectivity index (χ4v) is 5.54. The Morgan fingerprint density at radius 1 is 0.872 bits per heavy atom. The molecule has 0 unspecified atom stereocenters. The Morgan fingerprint density at radius 3 is 2.04 bits per heavy atom. The van der Waals surface area contributed by atoms with Crippen molar-refractivity contribution in [3.63, 3.8) is 0 Å². The summed E-state index contributed by atoms with van der Waals surface area (Å²) in [4.78, 5) is 42.8. The Balaban J connectivity index is 1.18. The van der Waals surface area contributed by atoms with Gasteiger partial charge in [0.15, 0.2) is 23.0 Å². The highest BCUT2D eigenvalue weighted by Crippen LogP contribution is 2.36. The first-order valence-electron chi connectivity index (χ1n) is 15.3. The summed E-state index contributed by atoms with van der Waals surface area (Å²) in [6, 6.07) is 14.0. The number of nitrogens with one attached hydrogen (secondary N) is 3. The van der Waals surface area contributed by atoms with Gasteiger partial charge in [0.05, 0.1) is 25.6 Å². The number of anilines is 3. The van der Waals surface area contributed by atoms with Crippen LogP contribution in [0.25, 0.3) is 0 Å². The number of likely N-dealkylation sites (N-methyl/N-ethyl adjacent to an activating group) is 1. The van der Waals surface area contributed by atoms with Gasteiger partial charge in [-0.15, -0.1) is 0 Å². The molecule has 14 nitrogen and oxygen atoms in total. The van der Waals surface area contributed by atoms with Gasteiger partial charge in [0.25, 0.3) is 0 Å². The van der Waals surface area contributed by atoms with Crippen LogP contribution in [-0.2, 0) is 11.2 Å². The zero-order valence-corrected chi connectivity index (χ0v) is 26.3. The summed E-state index contributed by atoms with van der Waals surface area (Å²) in [7, 11) is 1.66. The molecule has 5 amide bonds. The van der Waals surface area contributed by atoms with Crippen LogP contribution in [0.4, 0.5) is 26.7 Å². The summed E-state index contributed by atoms with van der Waals surface area (Å²) in [6.45, 7) is 4.27. The van der Waals surface area contributed by atoms with E-state index in [1.807, 2.05) is 6.92 Å². The molecular formula is C33H37N5O9. The van der Waals surface area contributed by atoms with E-state index in [1.54, 1.807) is 73.5 Å². The number of carbonyl (C=O) groups is 3. The molecule has 0 aliphatic carbocycles. The van der Waals surface area contributed by atoms with Gasteiger partial charge >= 0.3 is 12.1 Å². The lowest BCUT2D eigenvalue weighted by Gasteiger charge is -2.34. The quantitative estimate of drug-likeness (QED) is 0.296. The molecular weight excluding hydrogens is 610 g/mol. The molecule has 0 saturated heterocycles. The van der Waals surface area contributed by atoms with Gasteiger partial charge in [-0.05, 0) is 49.4 Å². The number of nitrogens with zero attached hydrogens (tertiary/aromatic N) is 2. The van der Waals surface area contributed by atoms with Gasteiger partial charge in [0, 0.05) is 54.3 Å². The summed E-state index contributed by atoms with van der Waals surface area (Å²) in [5, 5.41) is 18.4. The van der Waals surface area contributed by atoms with Crippen LogP contribution in [0.15, 0.2) is 54.6 Å². The minimum atomic E-state index is -0.520. The Labute approximate surface area is 271 Å². The van der Waals surface area contributed by atoms with E-state index in [0.29, 0.717) is 57.9 Å². The van der Waals surface area contributed by atoms with Gasteiger partial charge in [-0.3, -0.25) is 4.79 Å². The molecule has 3 aliphatic rings. The lowest BCUT2D eigenvalue weighted by Crippen LogP contribution is -2.48. The molecule has 14 heteroatoms. The van der Waals surface area contributed by atoms with Gasteiger partial charge in [-0.1, -0.05) is 6.92 Å². The van der Waals surface area contributed by atoms with Gasteiger partial charge in [0.2, 0.25) is 19.5 Å². The number of carbonyl (C=O) groups excluding carboxylic acids is 3. The summed E-state index contributed by atoms with van der Waals surface area (Å²) in [5.74, 6) is 2.36. The topological polar surface area (TPSA) is 160 Å². The predicted molar refractivity (Wildman–Crippen MR) is 171 cm³/mol. The Morgan fingerprint density at radius 2 is 1.43 bits per heavy atom. The lowest BCUT2D eigenvalue weighted by molar-refractivity contribution is -0.134. The molecule has 3 atom stereocenters. The molecule has 3 aromatic carbocycles. The van der Waals surface area contributed by atoms with Crippen LogP contribution in [0, 0.1) is 5.92 Å². The van der Waals surface area contributed by atoms with Crippen LogP contribution in [0.1, 0.15) is 19.4 Å². The number of fused-ring (bicyclic) bond motifs is 3. The van der Waals surface area contributed by atoms with Gasteiger partial charge < -0.3 is 54.5 Å². The summed E-state index contributed by atoms with van der Waals surface area (Å²) < 4.78 is 28.0. The molecule has 0 spiro atoms. The minimum Gasteiger partial charge on any atom is -0.488 e. The maximum Gasteiger partial charge on any atom is 0.323 e. The van der Waals surface area contributed by atoms with E-state index in [4.69, 9.17) is 23.7 Å². The lowest BCUT2D eigenvalue weighted by atomic mass is 10.0. The van der Waals surface area contributed by atoms with E-state index >= 15 is 0 Å². The molecule has 4 N–H and O–H groups in total. The molecule has 0 aromatic heterocycles. The molecule has 3 aliphatic heterocycles. The van der Waals surface area contributed by atoms with Crippen molar-refractivity contribution in [1.82, 2.24) is 9.80 Å². The molecule has 0 fully saturated rings. The highest BCUT2D eigenvalue weighted by Gasteiger charge is 2.32. The molecule has 0 saturated carbocycles. The number of aliphatic hydroxyl groups excluding tert-OH is 1. The van der Waals surface area contributed by atoms with Crippen LogP contribution < -0.4 is 39.6 Å². The Kier molecular flexibility index (Phi) is 9.11. The smallest absolute Gasteiger partial charge is 0.323 e. The van der Waals surface area contributed by atoms with Crippen LogP contribution in [0.3, 0.4) is 0 Å². The van der Waals surface area contributed by atoms with Crippen molar-refractivity contribution < 1.29 is 43.2 Å². The van der Waals surface area contributed by atoms with E-state index in [2.05, 4.69) is 16.0 Å². The SMILES string of the molecule is C[C@H](CO)N1C[C@H](C)[C@@H](CN(C)C(=O)Nc2ccc3c(c2)OCO3)Oc2ccc(NC(=O)Nc3ccc4c(c3)OCO4)cc2CC1=O. The van der Waals surface area contributed by atoms with Crippen molar-refractivity contribution in [1.29, 1.82) is 0 Å². The van der Waals surface area contributed by atoms with Crippen molar-refractivity contribution in [3.05, 3.63) is 60.2 Å². The number of hydrogen-bond acceptors (Lipinski definition) is 9. The van der Waals surface area contributed by atoms with Crippen LogP contribution in [-0.4, -0.2) is 85.4 Å². The van der Waals surface area contributed by atoms with Crippen molar-refractivity contribution in [3.8, 4) is 28.7 Å². The van der Waals surface area contributed by atoms with Crippen LogP contribution in [0.2, 0.25) is 0 Å². The second kappa shape index (κ2) is 13.5. The first-order chi connectivity index (χ1) is 22.7. The molecule has 6 rings (SSSR count). The van der Waals surface area contributed by atoms with E-state index in [9.17, 15) is 19.5 Å². The second-order valence-electron chi connectivity index (χ2n) is 11.7. The fraction of sp³-hybridized carbons (Fsp3) is 0.364. The van der Waals surface area contributed by atoms with Crippen LogP contribution in [0.5, 0.6) is 28.7 Å². The second-order valence-corrected chi connectivity index (χ2v) is 11.7. The third-order valence-electron chi connectivity index (χ3n) is 8.23. The van der Waals surface area contributed by atoms with Gasteiger partial charge in [-0.25, -0.2) is 9.59 Å². The average molecular weight is 648 g/mol. The highest BCUT2D eigenvalue weighted by atomic mass is 16.7. The maximum absolute atomic E-state index is 13.6. The summed E-state index contributed by atoms with van der Waals surface area (Å²) >= 11 is 0. The number of aliphatic hydroxyl groups is 1. The average Bonchev–Trinajstić information content (AvgIpc) is 3.73. The minimum absolute atomic E-state index is 0.0150. The highest BCUT2D eigenvalue weighted by molar-refractivity contribution is 6.00. The molecule has 3 aromatic rings. The van der Waals surface area contributed by atoms with Gasteiger partial charge in [-0.2, -0.15) is 0 Å². The normalized spacial score (nSPS) is 18.6. The fourth-order valence-electron chi connectivity index (χ4n) is 5.54. The monoisotopic (exact) mass is 647 g/mol. The molecule has 248 valence electrons. The first-order valence-corrected chi connectivity index (χ1v) is 15.3. The molecule has 3 heterocycles. The third-order valence-corrected chi connectivity index (χ3v) is 8.23. The van der Waals surface area contributed by atoms with Crippen molar-refractivity contribution in [2.24, 2.45) is 5.92 Å². The number of ether oxygens (including phenoxy) is 5. The van der Waals surface area contributed by atoms with Crippen molar-refractivity contribution in [2.45, 2.75) is 32.4 Å². The number of benzene rings is 3. The van der Waals surface area contributed by atoms with Crippen LogP contribution >= 0.6 is 0 Å². The third kappa shape index (κ3) is 7.22. The zero-order valence-electron chi connectivity index (χ0n) is 26.3. The van der Waals surface area contributed by atoms with E-state index in [1.165, 1.54) is 4.90 Å². The maximum atomic E-state index is 13.6. The van der Waals surface area contributed by atoms with Gasteiger partial charge in [0.1, 0.15) is 11.9 Å². The molecule has 0 bridgehead atoms. The molecule has 0 radical (unpaired) electrons. The Bertz CT molecular complexity index is 1670. The number of hydrogen-bond donors (Lipinski definition) is 4.